The maximum atomic E-state index is 15.6. The van der Waals surface area contributed by atoms with Crippen LogP contribution in [0.3, 0.4) is 0 Å². The molecule has 0 fully saturated rings. The van der Waals surface area contributed by atoms with Crippen LogP contribution in [0.25, 0.3) is 28.2 Å². The Morgan fingerprint density at radius 1 is 1.06 bits per heavy atom. The van der Waals surface area contributed by atoms with Crippen LogP contribution >= 0.6 is 23.2 Å². The first kappa shape index (κ1) is 26.3. The third kappa shape index (κ3) is 5.05. The molecule has 6 nitrogen and oxygen atoms in total. The van der Waals surface area contributed by atoms with E-state index in [0.717, 1.165) is 6.26 Å². The van der Waals surface area contributed by atoms with Gasteiger partial charge in [0.1, 0.15) is 17.2 Å². The molecule has 0 spiro atoms. The van der Waals surface area contributed by atoms with Crippen molar-refractivity contribution in [3.05, 3.63) is 87.9 Å². The summed E-state index contributed by atoms with van der Waals surface area (Å²) in [4.78, 5) is 4.50. The fourth-order valence-corrected chi connectivity index (χ4v) is 5.15. The summed E-state index contributed by atoms with van der Waals surface area (Å²) in [5.41, 5.74) is 0.768. The van der Waals surface area contributed by atoms with Gasteiger partial charge in [-0.1, -0.05) is 47.5 Å². The van der Waals surface area contributed by atoms with Crippen molar-refractivity contribution in [2.24, 2.45) is 0 Å². The monoisotopic (exact) mass is 548 g/mol. The van der Waals surface area contributed by atoms with Crippen molar-refractivity contribution in [2.75, 3.05) is 6.26 Å². The predicted molar refractivity (Wildman–Crippen MR) is 139 cm³/mol. The number of nitrogens with zero attached hydrogens (tertiary/aromatic N) is 2. The molecule has 1 heterocycles. The quantitative estimate of drug-likeness (QED) is 0.318. The van der Waals surface area contributed by atoms with Gasteiger partial charge in [0.15, 0.2) is 9.84 Å². The Morgan fingerprint density at radius 3 is 2.33 bits per heavy atom. The zero-order valence-electron chi connectivity index (χ0n) is 19.6. The average Bonchev–Trinajstić information content (AvgIpc) is 3.25. The van der Waals surface area contributed by atoms with Crippen molar-refractivity contribution < 1.29 is 23.0 Å². The van der Waals surface area contributed by atoms with Gasteiger partial charge in [-0.25, -0.2) is 17.8 Å². The lowest BCUT2D eigenvalue weighted by atomic mass is 10.0. The van der Waals surface area contributed by atoms with Crippen molar-refractivity contribution in [1.82, 2.24) is 9.55 Å². The molecule has 0 bridgehead atoms. The molecular formula is C26H23Cl2FN2O4S. The summed E-state index contributed by atoms with van der Waals surface area (Å²) in [6.07, 6.45) is 2.58. The summed E-state index contributed by atoms with van der Waals surface area (Å²) < 4.78 is 41.4. The Balaban J connectivity index is 1.87. The molecule has 0 unspecified atom stereocenters. The summed E-state index contributed by atoms with van der Waals surface area (Å²) in [6, 6.07) is 14.0. The number of benzene rings is 3. The number of aromatic nitrogens is 2. The van der Waals surface area contributed by atoms with Crippen LogP contribution in [0.2, 0.25) is 10.0 Å². The Bertz CT molecular complexity index is 1580. The topological polar surface area (TPSA) is 92.4 Å². The molecule has 36 heavy (non-hydrogen) atoms. The Hall–Kier alpha value is -2.75. The molecule has 4 rings (SSSR count). The van der Waals surface area contributed by atoms with Crippen LogP contribution in [0, 0.1) is 5.82 Å². The van der Waals surface area contributed by atoms with E-state index in [-0.39, 0.29) is 27.0 Å². The highest BCUT2D eigenvalue weighted by Gasteiger charge is 2.25. The number of halogens is 3. The molecule has 0 aliphatic rings. The first-order valence-electron chi connectivity index (χ1n) is 10.8. The Morgan fingerprint density at radius 2 is 1.72 bits per heavy atom. The van der Waals surface area contributed by atoms with E-state index in [1.54, 1.807) is 44.2 Å². The molecule has 0 aliphatic heterocycles. The third-order valence-corrected chi connectivity index (χ3v) is 7.70. The summed E-state index contributed by atoms with van der Waals surface area (Å²) in [6.45, 7) is 2.70. The van der Waals surface area contributed by atoms with Gasteiger partial charge >= 0.3 is 0 Å². The molecule has 0 saturated carbocycles. The Kier molecular flexibility index (Phi) is 7.02. The molecule has 3 aromatic carbocycles. The smallest absolute Gasteiger partial charge is 0.175 e. The Labute approximate surface area is 218 Å². The highest BCUT2D eigenvalue weighted by Crippen LogP contribution is 2.36. The number of hydrogen-bond donors (Lipinski definition) is 2. The largest absolute Gasteiger partial charge is 0.392 e. The van der Waals surface area contributed by atoms with Crippen molar-refractivity contribution >= 4 is 33.0 Å². The van der Waals surface area contributed by atoms with Gasteiger partial charge in [-0.3, -0.25) is 4.57 Å². The number of aliphatic hydroxyl groups excluding tert-OH is 1. The van der Waals surface area contributed by atoms with E-state index >= 15 is 4.39 Å². The van der Waals surface area contributed by atoms with E-state index < -0.39 is 27.9 Å². The second-order valence-electron chi connectivity index (χ2n) is 8.90. The minimum Gasteiger partial charge on any atom is -0.392 e. The second kappa shape index (κ2) is 9.61. The van der Waals surface area contributed by atoms with Gasteiger partial charge in [0.2, 0.25) is 0 Å². The highest BCUT2D eigenvalue weighted by molar-refractivity contribution is 7.90. The minimum absolute atomic E-state index is 0.0192. The van der Waals surface area contributed by atoms with Crippen molar-refractivity contribution in [1.29, 1.82) is 0 Å². The normalized spacial score (nSPS) is 12.2. The lowest BCUT2D eigenvalue weighted by molar-refractivity contribution is 0.0743. The molecule has 0 radical (unpaired) electrons. The fraction of sp³-hybridized carbons (Fsp3) is 0.192. The minimum atomic E-state index is -3.61. The third-order valence-electron chi connectivity index (χ3n) is 5.70. The van der Waals surface area contributed by atoms with E-state index in [2.05, 4.69) is 4.98 Å². The first-order chi connectivity index (χ1) is 16.8. The number of rotatable bonds is 6. The number of sulfone groups is 1. The molecule has 0 aliphatic carbocycles. The zero-order chi connectivity index (χ0) is 26.4. The van der Waals surface area contributed by atoms with Gasteiger partial charge in [0.25, 0.3) is 0 Å². The van der Waals surface area contributed by atoms with E-state index in [9.17, 15) is 18.6 Å². The molecule has 1 aromatic heterocycles. The predicted octanol–water partition coefficient (Wildman–Crippen LogP) is 5.78. The molecular weight excluding hydrogens is 526 g/mol. The molecule has 188 valence electrons. The summed E-state index contributed by atoms with van der Waals surface area (Å²) in [5.74, 6) is -0.323. The highest BCUT2D eigenvalue weighted by atomic mass is 35.5. The van der Waals surface area contributed by atoms with E-state index in [1.165, 1.54) is 35.0 Å². The number of imidazole rings is 1. The van der Waals surface area contributed by atoms with Crippen LogP contribution < -0.4 is 0 Å². The van der Waals surface area contributed by atoms with Crippen LogP contribution in [0.1, 0.15) is 25.1 Å². The standard InChI is InChI=1S/C26H23Cl2FN2O4S/c1-26(2,33)23-13-31(25(30-23)18-5-4-6-19(27)24(18)28)21-10-9-15(11-20(21)29)16-7-8-17(14-32)22(12-16)36(3,34)35/h4-13,32-33H,14H2,1-3H3. The van der Waals surface area contributed by atoms with Crippen LogP contribution in [0.4, 0.5) is 4.39 Å². The summed E-state index contributed by atoms with van der Waals surface area (Å²) >= 11 is 12.6. The van der Waals surface area contributed by atoms with Crippen molar-refractivity contribution in [2.45, 2.75) is 31.0 Å². The van der Waals surface area contributed by atoms with E-state index in [0.29, 0.717) is 27.4 Å². The van der Waals surface area contributed by atoms with Gasteiger partial charge in [0.05, 0.1) is 32.9 Å². The molecule has 2 N–H and O–H groups in total. The lowest BCUT2D eigenvalue weighted by Crippen LogP contribution is -2.15. The SMILES string of the molecule is CC(C)(O)c1cn(-c2ccc(-c3ccc(CO)c(S(C)(=O)=O)c3)cc2F)c(-c2cccc(Cl)c2Cl)n1. The lowest BCUT2D eigenvalue weighted by Gasteiger charge is -2.13. The van der Waals surface area contributed by atoms with Crippen LogP contribution in [0.5, 0.6) is 0 Å². The maximum Gasteiger partial charge on any atom is 0.175 e. The first-order valence-corrected chi connectivity index (χ1v) is 13.5. The van der Waals surface area contributed by atoms with Crippen LogP contribution in [-0.4, -0.2) is 34.4 Å². The van der Waals surface area contributed by atoms with Crippen LogP contribution in [0.15, 0.2) is 65.7 Å². The number of aliphatic hydroxyl groups is 2. The van der Waals surface area contributed by atoms with Gasteiger partial charge < -0.3 is 10.2 Å². The van der Waals surface area contributed by atoms with E-state index in [4.69, 9.17) is 23.2 Å². The van der Waals surface area contributed by atoms with E-state index in [1.807, 2.05) is 0 Å². The molecule has 0 amide bonds. The van der Waals surface area contributed by atoms with Crippen molar-refractivity contribution in [3.63, 3.8) is 0 Å². The van der Waals surface area contributed by atoms with Gasteiger partial charge in [0, 0.05) is 18.0 Å². The molecule has 4 aromatic rings. The summed E-state index contributed by atoms with van der Waals surface area (Å²) in [7, 11) is -3.61. The number of hydrogen-bond acceptors (Lipinski definition) is 5. The summed E-state index contributed by atoms with van der Waals surface area (Å²) in [5, 5.41) is 20.6. The van der Waals surface area contributed by atoms with Gasteiger partial charge in [-0.15, -0.1) is 0 Å². The van der Waals surface area contributed by atoms with Crippen molar-refractivity contribution in [3.8, 4) is 28.2 Å². The molecule has 0 saturated heterocycles. The fourth-order valence-electron chi connectivity index (χ4n) is 3.82. The second-order valence-corrected chi connectivity index (χ2v) is 11.7. The van der Waals surface area contributed by atoms with Gasteiger partial charge in [-0.2, -0.15) is 0 Å². The van der Waals surface area contributed by atoms with Crippen LogP contribution in [-0.2, 0) is 22.0 Å². The molecule has 10 heteroatoms. The maximum absolute atomic E-state index is 15.6. The molecule has 0 atom stereocenters. The average molecular weight is 549 g/mol. The zero-order valence-corrected chi connectivity index (χ0v) is 22.0. The van der Waals surface area contributed by atoms with Gasteiger partial charge in [-0.05, 0) is 60.9 Å².